The second-order valence-electron chi connectivity index (χ2n) is 15.1. The predicted molar refractivity (Wildman–Crippen MR) is 173 cm³/mol. The topological polar surface area (TPSA) is 26.3 Å². The minimum Gasteiger partial charge on any atom is -0.459 e. The first kappa shape index (κ1) is 31.2. The molecule has 1 aromatic rings. The van der Waals surface area contributed by atoms with Crippen molar-refractivity contribution in [3.8, 4) is 0 Å². The van der Waals surface area contributed by atoms with Crippen LogP contribution in [0.1, 0.15) is 118 Å². The van der Waals surface area contributed by atoms with Gasteiger partial charge in [-0.15, -0.1) is 0 Å². The van der Waals surface area contributed by atoms with Crippen LogP contribution in [0.5, 0.6) is 0 Å². The van der Waals surface area contributed by atoms with Crippen LogP contribution in [-0.2, 0) is 9.53 Å². The van der Waals surface area contributed by atoms with Gasteiger partial charge in [0.15, 0.2) is 0 Å². The maximum Gasteiger partial charge on any atom is 0.334 e. The van der Waals surface area contributed by atoms with Gasteiger partial charge in [-0.05, 0) is 122 Å². The molecule has 1 aromatic carbocycles. The molecule has 8 atom stereocenters. The molecule has 4 aliphatic carbocycles. The molecule has 0 radical (unpaired) electrons. The summed E-state index contributed by atoms with van der Waals surface area (Å²) in [6.45, 7) is 14.3. The van der Waals surface area contributed by atoms with Crippen molar-refractivity contribution < 1.29 is 9.53 Å². The summed E-state index contributed by atoms with van der Waals surface area (Å²) in [5.41, 5.74) is 3.69. The van der Waals surface area contributed by atoms with Crippen molar-refractivity contribution in [3.63, 3.8) is 0 Å². The highest BCUT2D eigenvalue weighted by Crippen LogP contribution is 2.67. The molecule has 5 rings (SSSR count). The van der Waals surface area contributed by atoms with Crippen molar-refractivity contribution in [1.82, 2.24) is 0 Å². The molecule has 0 aromatic heterocycles. The van der Waals surface area contributed by atoms with E-state index in [0.717, 1.165) is 60.3 Å². The van der Waals surface area contributed by atoms with Crippen LogP contribution in [-0.4, -0.2) is 12.1 Å². The van der Waals surface area contributed by atoms with Crippen LogP contribution < -0.4 is 0 Å². The van der Waals surface area contributed by atoms with Gasteiger partial charge in [0.25, 0.3) is 0 Å². The molecule has 41 heavy (non-hydrogen) atoms. The van der Waals surface area contributed by atoms with Gasteiger partial charge in [0.2, 0.25) is 0 Å². The van der Waals surface area contributed by atoms with Crippen molar-refractivity contribution in [2.24, 2.45) is 46.3 Å². The molecule has 4 aliphatic rings. The molecule has 0 amide bonds. The highest BCUT2D eigenvalue weighted by Gasteiger charge is 2.59. The number of hydrogen-bond acceptors (Lipinski definition) is 2. The van der Waals surface area contributed by atoms with Gasteiger partial charge >= 0.3 is 5.97 Å². The van der Waals surface area contributed by atoms with Crippen LogP contribution in [0.15, 0.2) is 35.4 Å². The molecule has 226 valence electrons. The number of rotatable bonds is 8. The Morgan fingerprint density at radius 1 is 1.05 bits per heavy atom. The number of carbonyl (C=O) groups is 1. The van der Waals surface area contributed by atoms with Gasteiger partial charge in [-0.1, -0.05) is 94.8 Å². The lowest BCUT2D eigenvalue weighted by Crippen LogP contribution is -2.51. The summed E-state index contributed by atoms with van der Waals surface area (Å²) in [4.78, 5) is 13.0. The minimum absolute atomic E-state index is 0.0428. The Kier molecular flexibility index (Phi) is 9.43. The number of fused-ring (bicyclic) bond motifs is 5. The maximum absolute atomic E-state index is 13.0. The van der Waals surface area contributed by atoms with E-state index >= 15 is 0 Å². The van der Waals surface area contributed by atoms with Crippen LogP contribution in [0.2, 0.25) is 10.0 Å². The van der Waals surface area contributed by atoms with Crippen molar-refractivity contribution in [3.05, 3.63) is 51.0 Å². The van der Waals surface area contributed by atoms with Crippen molar-refractivity contribution >= 4 is 35.2 Å². The molecule has 2 nitrogen and oxygen atoms in total. The van der Waals surface area contributed by atoms with Crippen LogP contribution in [0.25, 0.3) is 6.08 Å². The number of ether oxygens (including phenoxy) is 1. The number of halogens is 2. The first-order valence-corrected chi connectivity index (χ1v) is 17.2. The summed E-state index contributed by atoms with van der Waals surface area (Å²) in [5.74, 6) is 4.80. The number of allylic oxidation sites excluding steroid dienone is 1. The Bertz CT molecular complexity index is 1180. The van der Waals surface area contributed by atoms with Crippen molar-refractivity contribution in [1.29, 1.82) is 0 Å². The first-order chi connectivity index (χ1) is 19.4. The number of carbonyl (C=O) groups excluding carboxylic acids is 1. The summed E-state index contributed by atoms with van der Waals surface area (Å²) in [6.07, 6.45) is 18.3. The van der Waals surface area contributed by atoms with Crippen molar-refractivity contribution in [2.45, 2.75) is 118 Å². The number of benzene rings is 1. The van der Waals surface area contributed by atoms with E-state index in [0.29, 0.717) is 21.0 Å². The quantitative estimate of drug-likeness (QED) is 0.169. The van der Waals surface area contributed by atoms with Gasteiger partial charge in [0.1, 0.15) is 6.10 Å². The first-order valence-electron chi connectivity index (χ1n) is 16.5. The van der Waals surface area contributed by atoms with Crippen LogP contribution in [0.4, 0.5) is 0 Å². The van der Waals surface area contributed by atoms with E-state index in [1.54, 1.807) is 23.8 Å². The number of hydrogen-bond donors (Lipinski definition) is 0. The Hall–Kier alpha value is -1.25. The number of esters is 1. The summed E-state index contributed by atoms with van der Waals surface area (Å²) in [7, 11) is 0. The van der Waals surface area contributed by atoms with E-state index in [2.05, 4.69) is 40.7 Å². The Labute approximate surface area is 259 Å². The molecule has 0 N–H and O–H groups in total. The van der Waals surface area contributed by atoms with Gasteiger partial charge in [-0.3, -0.25) is 0 Å². The third-order valence-electron chi connectivity index (χ3n) is 12.2. The molecule has 3 saturated carbocycles. The average molecular weight is 600 g/mol. The molecule has 3 fully saturated rings. The summed E-state index contributed by atoms with van der Waals surface area (Å²) < 4.78 is 6.07. The van der Waals surface area contributed by atoms with Gasteiger partial charge in [0, 0.05) is 22.0 Å². The second-order valence-corrected chi connectivity index (χ2v) is 15.9. The third-order valence-corrected chi connectivity index (χ3v) is 12.8. The molecule has 0 saturated heterocycles. The highest BCUT2D eigenvalue weighted by atomic mass is 35.5. The van der Waals surface area contributed by atoms with Crippen LogP contribution >= 0.6 is 23.2 Å². The predicted octanol–water partition coefficient (Wildman–Crippen LogP) is 11.3. The average Bonchev–Trinajstić information content (AvgIpc) is 3.27. The molecule has 0 heterocycles. The zero-order chi connectivity index (χ0) is 29.5. The van der Waals surface area contributed by atoms with Crippen molar-refractivity contribution in [2.75, 3.05) is 0 Å². The summed E-state index contributed by atoms with van der Waals surface area (Å²) >= 11 is 12.4. The Balaban J connectivity index is 1.23. The van der Waals surface area contributed by atoms with E-state index < -0.39 is 0 Å². The third kappa shape index (κ3) is 6.22. The molecule has 4 heteroatoms. The minimum atomic E-state index is -0.244. The Morgan fingerprint density at radius 2 is 1.83 bits per heavy atom. The lowest BCUT2D eigenvalue weighted by atomic mass is 9.47. The fraction of sp³-hybridized carbons (Fsp3) is 0.703. The fourth-order valence-corrected chi connectivity index (χ4v) is 10.4. The monoisotopic (exact) mass is 598 g/mol. The Morgan fingerprint density at radius 3 is 2.56 bits per heavy atom. The molecular formula is C37H52Cl2O2. The standard InChI is InChI=1S/C37H52Cl2O2/c1-23(2)8-7-9-24(3)31-14-15-32-30-13-11-27-21-29(16-18-36(27,5)33(30)17-19-37(31,32)6)41-35(40)25(4)20-26-10-12-28(38)22-34(26)39/h10-12,20,22-24,29-33H,7-9,13-19,21H2,1-6H3/t24-,29+,30+,31-,32+,33+,36+,37-/m1/s1. The zero-order valence-electron chi connectivity index (χ0n) is 26.3. The van der Waals surface area contributed by atoms with E-state index in [9.17, 15) is 4.79 Å². The molecule has 0 bridgehead atoms. The largest absolute Gasteiger partial charge is 0.459 e. The molecule has 0 unspecified atom stereocenters. The zero-order valence-corrected chi connectivity index (χ0v) is 27.8. The lowest BCUT2D eigenvalue weighted by molar-refractivity contribution is -0.146. The smallest absolute Gasteiger partial charge is 0.334 e. The SMILES string of the molecule is CC(=Cc1ccc(Cl)cc1Cl)C(=O)O[C@H]1CC[C@@]2(C)C(=CC[C@H]3[C@@H]4CC[C@H]([C@H](C)CCCC(C)C)[C@@]4(C)CC[C@@H]32)C1. The second kappa shape index (κ2) is 12.4. The molecule has 0 spiro atoms. The maximum atomic E-state index is 13.0. The highest BCUT2D eigenvalue weighted by molar-refractivity contribution is 6.35. The van der Waals surface area contributed by atoms with E-state index in [-0.39, 0.29) is 17.5 Å². The van der Waals surface area contributed by atoms with E-state index in [1.807, 2.05) is 13.0 Å². The van der Waals surface area contributed by atoms with Crippen LogP contribution in [0.3, 0.4) is 0 Å². The van der Waals surface area contributed by atoms with Gasteiger partial charge in [0.05, 0.1) is 0 Å². The van der Waals surface area contributed by atoms with Gasteiger partial charge in [-0.25, -0.2) is 4.79 Å². The summed E-state index contributed by atoms with van der Waals surface area (Å²) in [6, 6.07) is 5.33. The van der Waals surface area contributed by atoms with E-state index in [1.165, 1.54) is 51.4 Å². The molecule has 0 aliphatic heterocycles. The van der Waals surface area contributed by atoms with E-state index in [4.69, 9.17) is 27.9 Å². The fourth-order valence-electron chi connectivity index (χ4n) is 9.91. The lowest BCUT2D eigenvalue weighted by Gasteiger charge is -2.58. The summed E-state index contributed by atoms with van der Waals surface area (Å²) in [5, 5.41) is 1.13. The normalized spacial score (nSPS) is 35.8. The van der Waals surface area contributed by atoms with Crippen LogP contribution in [0, 0.1) is 46.3 Å². The molecular weight excluding hydrogens is 547 g/mol. The van der Waals surface area contributed by atoms with Gasteiger partial charge < -0.3 is 4.74 Å². The van der Waals surface area contributed by atoms with Gasteiger partial charge in [-0.2, -0.15) is 0 Å².